The second-order valence-electron chi connectivity index (χ2n) is 13.9. The van der Waals surface area contributed by atoms with Crippen molar-refractivity contribution in [2.75, 3.05) is 13.2 Å². The number of halogens is 3. The Morgan fingerprint density at radius 2 is 1.40 bits per heavy atom. The molecule has 1 aromatic carbocycles. The highest BCUT2D eigenvalue weighted by Crippen LogP contribution is 2.37. The van der Waals surface area contributed by atoms with Crippen molar-refractivity contribution in [2.45, 2.75) is 64.8 Å². The van der Waals surface area contributed by atoms with E-state index in [0.717, 1.165) is 61.5 Å². The molecule has 250 valence electrons. The zero-order chi connectivity index (χ0) is 33.9. The van der Waals surface area contributed by atoms with Crippen LogP contribution in [0.2, 0.25) is 61.5 Å². The summed E-state index contributed by atoms with van der Waals surface area (Å²) < 4.78 is 18.5. The van der Waals surface area contributed by atoms with Gasteiger partial charge in [-0.2, -0.15) is 5.10 Å². The molecule has 0 unspecified atom stereocenters. The monoisotopic (exact) mass is 822 g/mol. The summed E-state index contributed by atoms with van der Waals surface area (Å²) >= 11 is 15.1. The van der Waals surface area contributed by atoms with Crippen LogP contribution in [-0.4, -0.2) is 68.2 Å². The highest BCUT2D eigenvalue weighted by Gasteiger charge is 2.19. The number of hydrogen-bond donors (Lipinski definition) is 0. The van der Waals surface area contributed by atoms with Crippen LogP contribution in [-0.2, 0) is 30.0 Å². The fourth-order valence-electron chi connectivity index (χ4n) is 4.86. The standard InChI is InChI=1S/C20H23Cl2N5OSi.C12H18IN3OSi/c1-26-10-15-16(25-26)6-5-13(18(15)22)14-11-27(12-28-7-8-29(2,3)4)20-19(14)23-9-17(21)24-20;1-18(2,3)7-6-17-9-16-8-10(13)11-12(16)15-5-4-14-11/h5-6,9-11H,7-8,12H2,1-4H3;4-5,8H,6-7,9H2,1-3H3. The number of fused-ring (bicyclic) bond motifs is 3. The van der Waals surface area contributed by atoms with E-state index in [1.807, 2.05) is 46.9 Å². The van der Waals surface area contributed by atoms with Gasteiger partial charge < -0.3 is 18.6 Å². The number of ether oxygens (including phenoxy) is 2. The molecular weight excluding hydrogens is 782 g/mol. The van der Waals surface area contributed by atoms with Crippen LogP contribution in [0.3, 0.4) is 0 Å². The predicted octanol–water partition coefficient (Wildman–Crippen LogP) is 8.95. The third-order valence-electron chi connectivity index (χ3n) is 7.47. The minimum Gasteiger partial charge on any atom is -0.361 e. The average Bonchev–Trinajstić information content (AvgIpc) is 3.66. The van der Waals surface area contributed by atoms with Crippen LogP contribution in [0.1, 0.15) is 0 Å². The maximum atomic E-state index is 6.74. The SMILES string of the molecule is C[Si](C)(C)CCOCn1cc(I)c2nccnc21.Cn1cc2c(Cl)c(-c3cn(COCC[Si](C)(C)C)c4nc(Cl)cnc34)ccc2n1. The highest BCUT2D eigenvalue weighted by molar-refractivity contribution is 14.1. The van der Waals surface area contributed by atoms with Crippen molar-refractivity contribution >= 4 is 95.2 Å². The third-order valence-corrected chi connectivity index (χ3v) is 12.3. The van der Waals surface area contributed by atoms with Gasteiger partial charge in [0.25, 0.3) is 0 Å². The Kier molecular flexibility index (Phi) is 11.5. The first kappa shape index (κ1) is 35.9. The van der Waals surface area contributed by atoms with E-state index in [0.29, 0.717) is 29.3 Å². The molecular formula is C32H41Cl2IN8O2Si2. The summed E-state index contributed by atoms with van der Waals surface area (Å²) in [7, 11) is -0.271. The molecule has 6 aromatic rings. The van der Waals surface area contributed by atoms with E-state index in [2.05, 4.69) is 86.9 Å². The predicted molar refractivity (Wildman–Crippen MR) is 206 cm³/mol. The number of aromatic nitrogens is 8. The molecule has 0 spiro atoms. The zero-order valence-electron chi connectivity index (χ0n) is 27.9. The van der Waals surface area contributed by atoms with Crippen LogP contribution < -0.4 is 0 Å². The molecule has 0 aliphatic carbocycles. The molecule has 0 atom stereocenters. The molecule has 15 heteroatoms. The quantitative estimate of drug-likeness (QED) is 0.0732. The van der Waals surface area contributed by atoms with E-state index in [1.165, 1.54) is 6.04 Å². The van der Waals surface area contributed by atoms with E-state index in [1.54, 1.807) is 23.3 Å². The number of hydrogen-bond acceptors (Lipinski definition) is 7. The summed E-state index contributed by atoms with van der Waals surface area (Å²) in [5, 5.41) is 6.32. The lowest BCUT2D eigenvalue weighted by Crippen LogP contribution is -2.22. The molecule has 0 N–H and O–H groups in total. The molecule has 0 amide bonds. The number of benzene rings is 1. The Labute approximate surface area is 301 Å². The van der Waals surface area contributed by atoms with Gasteiger partial charge in [0, 0.05) is 83.9 Å². The first-order valence-corrected chi connectivity index (χ1v) is 24.7. The van der Waals surface area contributed by atoms with E-state index in [4.69, 9.17) is 32.7 Å². The van der Waals surface area contributed by atoms with E-state index in [-0.39, 0.29) is 0 Å². The van der Waals surface area contributed by atoms with Gasteiger partial charge in [0.2, 0.25) is 0 Å². The Bertz CT molecular complexity index is 2000. The molecule has 0 aliphatic heterocycles. The van der Waals surface area contributed by atoms with Crippen molar-refractivity contribution in [3.8, 4) is 11.1 Å². The summed E-state index contributed by atoms with van der Waals surface area (Å²) in [6.45, 7) is 16.6. The van der Waals surface area contributed by atoms with Gasteiger partial charge in [-0.05, 0) is 40.7 Å². The fraction of sp³-hybridized carbons (Fsp3) is 0.406. The van der Waals surface area contributed by atoms with Crippen molar-refractivity contribution < 1.29 is 9.47 Å². The first-order valence-electron chi connectivity index (χ1n) is 15.4. The largest absolute Gasteiger partial charge is 0.361 e. The lowest BCUT2D eigenvalue weighted by Gasteiger charge is -2.15. The summed E-state index contributed by atoms with van der Waals surface area (Å²) in [6.07, 6.45) is 10.9. The van der Waals surface area contributed by atoms with Crippen molar-refractivity contribution in [3.63, 3.8) is 0 Å². The second kappa shape index (κ2) is 15.0. The van der Waals surface area contributed by atoms with E-state index < -0.39 is 16.1 Å². The molecule has 0 fully saturated rings. The van der Waals surface area contributed by atoms with Gasteiger partial charge >= 0.3 is 0 Å². The Morgan fingerprint density at radius 1 is 0.766 bits per heavy atom. The molecule has 0 radical (unpaired) electrons. The van der Waals surface area contributed by atoms with Gasteiger partial charge in [0.1, 0.15) is 29.6 Å². The Balaban J connectivity index is 0.000000207. The van der Waals surface area contributed by atoms with Gasteiger partial charge in [0.05, 0.1) is 20.3 Å². The molecule has 47 heavy (non-hydrogen) atoms. The van der Waals surface area contributed by atoms with Gasteiger partial charge in [-0.25, -0.2) is 15.0 Å². The zero-order valence-corrected chi connectivity index (χ0v) is 33.6. The van der Waals surface area contributed by atoms with Crippen LogP contribution in [0, 0.1) is 3.57 Å². The number of aryl methyl sites for hydroxylation is 1. The summed E-state index contributed by atoms with van der Waals surface area (Å²) in [6, 6.07) is 6.23. The van der Waals surface area contributed by atoms with Crippen LogP contribution in [0.4, 0.5) is 0 Å². The van der Waals surface area contributed by atoms with Crippen LogP contribution in [0.5, 0.6) is 0 Å². The van der Waals surface area contributed by atoms with Gasteiger partial charge in [-0.3, -0.25) is 9.67 Å². The Hall–Kier alpha value is -2.41. The molecule has 0 saturated carbocycles. The normalized spacial score (nSPS) is 12.3. The fourth-order valence-corrected chi connectivity index (χ4v) is 7.53. The molecule has 10 nitrogen and oxygen atoms in total. The lowest BCUT2D eigenvalue weighted by atomic mass is 10.1. The van der Waals surface area contributed by atoms with E-state index in [9.17, 15) is 0 Å². The van der Waals surface area contributed by atoms with Crippen molar-refractivity contribution in [1.82, 2.24) is 38.9 Å². The van der Waals surface area contributed by atoms with Crippen molar-refractivity contribution in [1.29, 1.82) is 0 Å². The maximum absolute atomic E-state index is 6.74. The minimum atomic E-state index is -1.15. The third kappa shape index (κ3) is 9.19. The molecule has 0 bridgehead atoms. The number of nitrogens with zero attached hydrogens (tertiary/aromatic N) is 8. The van der Waals surface area contributed by atoms with Crippen molar-refractivity contribution in [2.24, 2.45) is 7.05 Å². The minimum absolute atomic E-state index is 0.347. The summed E-state index contributed by atoms with van der Waals surface area (Å²) in [5.41, 5.74) is 5.91. The highest BCUT2D eigenvalue weighted by atomic mass is 127. The molecule has 6 rings (SSSR count). The molecule has 0 saturated heterocycles. The van der Waals surface area contributed by atoms with Crippen LogP contribution >= 0.6 is 45.8 Å². The van der Waals surface area contributed by atoms with Crippen LogP contribution in [0.25, 0.3) is 44.4 Å². The lowest BCUT2D eigenvalue weighted by molar-refractivity contribution is 0.0897. The van der Waals surface area contributed by atoms with Crippen LogP contribution in [0.15, 0.2) is 49.3 Å². The molecule has 5 heterocycles. The second-order valence-corrected chi connectivity index (χ2v) is 27.1. The average molecular weight is 824 g/mol. The smallest absolute Gasteiger partial charge is 0.162 e. The first-order chi connectivity index (χ1) is 22.2. The van der Waals surface area contributed by atoms with E-state index >= 15 is 0 Å². The summed E-state index contributed by atoms with van der Waals surface area (Å²) in [5.74, 6) is 0. The van der Waals surface area contributed by atoms with Gasteiger partial charge in [-0.1, -0.05) is 68.6 Å². The summed E-state index contributed by atoms with van der Waals surface area (Å²) in [4.78, 5) is 17.7. The molecule has 5 aromatic heterocycles. The number of rotatable bonds is 11. The maximum Gasteiger partial charge on any atom is 0.162 e. The van der Waals surface area contributed by atoms with Gasteiger partial charge in [0.15, 0.2) is 11.3 Å². The van der Waals surface area contributed by atoms with Gasteiger partial charge in [-0.15, -0.1) is 0 Å². The topological polar surface area (TPSA) is 97.7 Å². The Morgan fingerprint density at radius 3 is 2.06 bits per heavy atom. The van der Waals surface area contributed by atoms with Crippen molar-refractivity contribution in [3.05, 3.63) is 63.1 Å². The molecule has 0 aliphatic rings.